The zero-order valence-electron chi connectivity index (χ0n) is 18.6. The molecule has 0 fully saturated rings. The predicted molar refractivity (Wildman–Crippen MR) is 115 cm³/mol. The fraction of sp³-hybridized carbons (Fsp3) is 0.667. The van der Waals surface area contributed by atoms with Crippen LogP contribution in [0.15, 0.2) is 12.1 Å². The van der Waals surface area contributed by atoms with Crippen LogP contribution in [0.5, 0.6) is 5.75 Å². The van der Waals surface area contributed by atoms with Gasteiger partial charge < -0.3 is 5.11 Å². The SMILES string of the molecule is CNC(NC)(NC)c1cc(C(NC)(NC)NC)c(O)c(C(NC)(NC)NC)c1. The van der Waals surface area contributed by atoms with Crippen LogP contribution < -0.4 is 47.9 Å². The number of benzene rings is 1. The zero-order valence-corrected chi connectivity index (χ0v) is 18.6. The summed E-state index contributed by atoms with van der Waals surface area (Å²) in [6, 6.07) is 3.88. The molecule has 10 nitrogen and oxygen atoms in total. The average Bonchev–Trinajstić information content (AvgIpc) is 2.75. The van der Waals surface area contributed by atoms with Gasteiger partial charge >= 0.3 is 0 Å². The van der Waals surface area contributed by atoms with Crippen LogP contribution in [-0.4, -0.2) is 68.5 Å². The highest BCUT2D eigenvalue weighted by molar-refractivity contribution is 5.51. The van der Waals surface area contributed by atoms with E-state index in [1.54, 1.807) is 0 Å². The molecule has 0 aliphatic carbocycles. The van der Waals surface area contributed by atoms with Crippen LogP contribution in [0.3, 0.4) is 0 Å². The molecule has 0 aliphatic rings. The molecule has 1 aromatic rings. The number of hydrogen-bond acceptors (Lipinski definition) is 10. The highest BCUT2D eigenvalue weighted by Gasteiger charge is 2.39. The summed E-state index contributed by atoms with van der Waals surface area (Å²) in [5.41, 5.74) is 2.17. The van der Waals surface area contributed by atoms with Crippen molar-refractivity contribution in [2.75, 3.05) is 63.4 Å². The van der Waals surface area contributed by atoms with Crippen LogP contribution in [0, 0.1) is 0 Å². The van der Waals surface area contributed by atoms with Crippen molar-refractivity contribution in [3.8, 4) is 5.75 Å². The number of phenolic OH excluding ortho intramolecular Hbond substituents is 1. The van der Waals surface area contributed by atoms with Gasteiger partial charge in [0.15, 0.2) is 11.6 Å². The predicted octanol–water partition coefficient (Wildman–Crippen LogP) is -2.30. The molecule has 0 bridgehead atoms. The molecule has 0 spiro atoms. The van der Waals surface area contributed by atoms with E-state index >= 15 is 0 Å². The molecule has 0 saturated heterocycles. The van der Waals surface area contributed by atoms with Gasteiger partial charge in [-0.2, -0.15) is 0 Å². The molecule has 0 unspecified atom stereocenters. The van der Waals surface area contributed by atoms with Crippen molar-refractivity contribution in [3.63, 3.8) is 0 Å². The van der Waals surface area contributed by atoms with Crippen molar-refractivity contribution in [1.29, 1.82) is 0 Å². The molecule has 10 heteroatoms. The molecule has 0 radical (unpaired) electrons. The smallest absolute Gasteiger partial charge is 0.153 e. The van der Waals surface area contributed by atoms with Gasteiger partial charge in [0.25, 0.3) is 0 Å². The first-order valence-corrected chi connectivity index (χ1v) is 9.38. The van der Waals surface area contributed by atoms with E-state index in [4.69, 9.17) is 0 Å². The van der Waals surface area contributed by atoms with Crippen LogP contribution in [0.1, 0.15) is 16.7 Å². The second-order valence-electron chi connectivity index (χ2n) is 6.42. The lowest BCUT2D eigenvalue weighted by atomic mass is 9.92. The topological polar surface area (TPSA) is 128 Å². The van der Waals surface area contributed by atoms with E-state index in [0.29, 0.717) is 11.1 Å². The Balaban J connectivity index is 4.03. The van der Waals surface area contributed by atoms with E-state index < -0.39 is 17.4 Å². The first-order chi connectivity index (χ1) is 13.3. The highest BCUT2D eigenvalue weighted by Crippen LogP contribution is 2.36. The van der Waals surface area contributed by atoms with E-state index in [1.807, 2.05) is 75.6 Å². The summed E-state index contributed by atoms with van der Waals surface area (Å²) in [5, 5.41) is 40.6. The highest BCUT2D eigenvalue weighted by atomic mass is 16.3. The molecular formula is C18H39N9O. The van der Waals surface area contributed by atoms with Gasteiger partial charge in [0, 0.05) is 16.7 Å². The Morgan fingerprint density at radius 3 is 0.964 bits per heavy atom. The third-order valence-corrected chi connectivity index (χ3v) is 5.73. The van der Waals surface area contributed by atoms with Crippen LogP contribution in [0.4, 0.5) is 0 Å². The fourth-order valence-electron chi connectivity index (χ4n) is 3.79. The van der Waals surface area contributed by atoms with E-state index in [1.165, 1.54) is 0 Å². The maximum absolute atomic E-state index is 11.4. The summed E-state index contributed by atoms with van der Waals surface area (Å²) in [6.07, 6.45) is 0. The van der Waals surface area contributed by atoms with Gasteiger partial charge in [0.1, 0.15) is 11.5 Å². The van der Waals surface area contributed by atoms with Crippen LogP contribution >= 0.6 is 0 Å². The Labute approximate surface area is 169 Å². The summed E-state index contributed by atoms with van der Waals surface area (Å²) in [7, 11) is 16.5. The average molecular weight is 398 g/mol. The summed E-state index contributed by atoms with van der Waals surface area (Å²) < 4.78 is 0. The minimum Gasteiger partial charge on any atom is -0.507 e. The zero-order chi connectivity index (χ0) is 21.6. The van der Waals surface area contributed by atoms with Crippen LogP contribution in [0.25, 0.3) is 0 Å². The lowest BCUT2D eigenvalue weighted by Gasteiger charge is -2.41. The Kier molecular flexibility index (Phi) is 8.75. The van der Waals surface area contributed by atoms with Crippen molar-refractivity contribution in [2.45, 2.75) is 17.4 Å². The molecule has 0 aliphatic heterocycles. The summed E-state index contributed by atoms with van der Waals surface area (Å²) in [5.74, 6) is -2.27. The normalized spacial score (nSPS) is 13.2. The van der Waals surface area contributed by atoms with Gasteiger partial charge in [-0.25, -0.2) is 0 Å². The Hall–Kier alpha value is -1.34. The number of hydrogen-bond donors (Lipinski definition) is 10. The fourth-order valence-corrected chi connectivity index (χ4v) is 3.79. The molecule has 1 aromatic carbocycles. The van der Waals surface area contributed by atoms with Gasteiger partial charge in [0.05, 0.1) is 0 Å². The first-order valence-electron chi connectivity index (χ1n) is 9.38. The van der Waals surface area contributed by atoms with Crippen molar-refractivity contribution in [2.24, 2.45) is 0 Å². The molecule has 1 rings (SSSR count). The molecule has 0 heterocycles. The minimum atomic E-state index is -0.850. The lowest BCUT2D eigenvalue weighted by Crippen LogP contribution is -2.63. The Bertz CT molecular complexity index is 560. The molecule has 0 saturated carbocycles. The second-order valence-corrected chi connectivity index (χ2v) is 6.42. The van der Waals surface area contributed by atoms with E-state index in [0.717, 1.165) is 5.56 Å². The van der Waals surface area contributed by atoms with Crippen molar-refractivity contribution >= 4 is 0 Å². The minimum absolute atomic E-state index is 0.136. The Morgan fingerprint density at radius 1 is 0.500 bits per heavy atom. The second kappa shape index (κ2) is 9.92. The first kappa shape index (κ1) is 24.7. The molecule has 0 amide bonds. The summed E-state index contributed by atoms with van der Waals surface area (Å²) in [4.78, 5) is 0. The Morgan fingerprint density at radius 2 is 0.750 bits per heavy atom. The van der Waals surface area contributed by atoms with Gasteiger partial charge in [-0.15, -0.1) is 0 Å². The number of rotatable bonds is 12. The lowest BCUT2D eigenvalue weighted by molar-refractivity contribution is 0.217. The van der Waals surface area contributed by atoms with Crippen LogP contribution in [-0.2, 0) is 17.4 Å². The third kappa shape index (κ3) is 3.88. The summed E-state index contributed by atoms with van der Waals surface area (Å²) in [6.45, 7) is 0. The van der Waals surface area contributed by atoms with Gasteiger partial charge in [-0.05, 0) is 75.6 Å². The molecular weight excluding hydrogens is 358 g/mol. The largest absolute Gasteiger partial charge is 0.507 e. The van der Waals surface area contributed by atoms with Crippen LogP contribution in [0.2, 0.25) is 0 Å². The quantitative estimate of drug-likeness (QED) is 0.176. The molecule has 0 aromatic heterocycles. The molecule has 0 atom stereocenters. The van der Waals surface area contributed by atoms with Gasteiger partial charge in [-0.1, -0.05) is 0 Å². The monoisotopic (exact) mass is 397 g/mol. The molecule has 162 valence electrons. The van der Waals surface area contributed by atoms with Crippen molar-refractivity contribution in [3.05, 3.63) is 28.8 Å². The summed E-state index contributed by atoms with van der Waals surface area (Å²) >= 11 is 0. The number of aromatic hydroxyl groups is 1. The number of phenols is 1. The van der Waals surface area contributed by atoms with E-state index in [-0.39, 0.29) is 5.75 Å². The molecule has 10 N–H and O–H groups in total. The van der Waals surface area contributed by atoms with Crippen molar-refractivity contribution < 1.29 is 5.11 Å². The van der Waals surface area contributed by atoms with E-state index in [9.17, 15) is 5.11 Å². The van der Waals surface area contributed by atoms with Gasteiger partial charge in [-0.3, -0.25) is 47.9 Å². The van der Waals surface area contributed by atoms with E-state index in [2.05, 4.69) is 47.9 Å². The maximum Gasteiger partial charge on any atom is 0.153 e. The third-order valence-electron chi connectivity index (χ3n) is 5.73. The van der Waals surface area contributed by atoms with Gasteiger partial charge in [0.2, 0.25) is 0 Å². The van der Waals surface area contributed by atoms with Crippen molar-refractivity contribution in [1.82, 2.24) is 47.9 Å². The maximum atomic E-state index is 11.4. The standard InChI is InChI=1S/C18H39N9O/c1-19-16(20-2,21-3)12-10-13(17(22-4,23-5)24-6)15(28)14(11-12)18(25-7,26-8)27-9/h10-11,19-28H,1-9H3. The number of nitrogens with one attached hydrogen (secondary N) is 9. The molecule has 28 heavy (non-hydrogen) atoms.